The number of sulfonamides is 1. The molecule has 2 unspecified atom stereocenters. The lowest BCUT2D eigenvalue weighted by atomic mass is 10.1. The molecule has 0 amide bonds. The molecule has 2 rings (SSSR count). The van der Waals surface area contributed by atoms with Gasteiger partial charge in [-0.05, 0) is 44.5 Å². The summed E-state index contributed by atoms with van der Waals surface area (Å²) in [5.74, 6) is 0. The highest BCUT2D eigenvalue weighted by Crippen LogP contribution is 2.26. The van der Waals surface area contributed by atoms with Crippen LogP contribution in [0.5, 0.6) is 0 Å². The summed E-state index contributed by atoms with van der Waals surface area (Å²) >= 11 is 3.36. The molecule has 20 heavy (non-hydrogen) atoms. The Morgan fingerprint density at radius 3 is 2.60 bits per heavy atom. The number of nitrogens with one attached hydrogen (secondary N) is 1. The summed E-state index contributed by atoms with van der Waals surface area (Å²) in [6.45, 7) is 7.00. The number of hydrogen-bond acceptors (Lipinski definition) is 3. The van der Waals surface area contributed by atoms with Crippen molar-refractivity contribution >= 4 is 38.4 Å². The minimum atomic E-state index is -3.42. The normalized spacial score (nSPS) is 24.2. The van der Waals surface area contributed by atoms with Crippen LogP contribution >= 0.6 is 28.3 Å². The number of rotatable bonds is 2. The van der Waals surface area contributed by atoms with E-state index in [0.29, 0.717) is 18.0 Å². The predicted octanol–water partition coefficient (Wildman–Crippen LogP) is 2.55. The highest BCUT2D eigenvalue weighted by Gasteiger charge is 2.34. The maximum Gasteiger partial charge on any atom is 0.243 e. The van der Waals surface area contributed by atoms with Crippen molar-refractivity contribution in [2.45, 2.75) is 37.8 Å². The van der Waals surface area contributed by atoms with Crippen LogP contribution in [0.4, 0.5) is 0 Å². The molecule has 0 bridgehead atoms. The van der Waals surface area contributed by atoms with E-state index >= 15 is 0 Å². The molecule has 114 valence electrons. The van der Waals surface area contributed by atoms with Crippen LogP contribution in [0.2, 0.25) is 0 Å². The molecule has 1 saturated heterocycles. The van der Waals surface area contributed by atoms with Crippen molar-refractivity contribution in [1.29, 1.82) is 0 Å². The topological polar surface area (TPSA) is 49.4 Å². The molecule has 1 aromatic carbocycles. The smallest absolute Gasteiger partial charge is 0.243 e. The highest BCUT2D eigenvalue weighted by atomic mass is 79.9. The van der Waals surface area contributed by atoms with E-state index in [1.807, 2.05) is 26.8 Å². The molecule has 0 radical (unpaired) electrons. The third kappa shape index (κ3) is 3.36. The van der Waals surface area contributed by atoms with Gasteiger partial charge in [0, 0.05) is 29.6 Å². The van der Waals surface area contributed by atoms with Gasteiger partial charge >= 0.3 is 0 Å². The van der Waals surface area contributed by atoms with Crippen LogP contribution in [0.15, 0.2) is 27.6 Å². The van der Waals surface area contributed by atoms with Gasteiger partial charge in [0.2, 0.25) is 10.0 Å². The third-order valence-corrected chi connectivity index (χ3v) is 6.34. The first kappa shape index (κ1) is 17.9. The van der Waals surface area contributed by atoms with E-state index < -0.39 is 10.0 Å². The van der Waals surface area contributed by atoms with Gasteiger partial charge in [0.1, 0.15) is 0 Å². The molecule has 0 aromatic heterocycles. The molecule has 2 atom stereocenters. The molecule has 4 nitrogen and oxygen atoms in total. The van der Waals surface area contributed by atoms with E-state index in [-0.39, 0.29) is 24.5 Å². The lowest BCUT2D eigenvalue weighted by molar-refractivity contribution is 0.233. The number of halogens is 2. The highest BCUT2D eigenvalue weighted by molar-refractivity contribution is 9.10. The minimum Gasteiger partial charge on any atom is -0.311 e. The standard InChI is InChI=1S/C13H19BrN2O2S.ClH/c1-9-8-12(14)4-5-13(9)19(17,18)16-7-6-15-10(2)11(16)3;/h4-5,8,10-11,15H,6-7H2,1-3H3;1H. The van der Waals surface area contributed by atoms with Crippen LogP contribution in [-0.2, 0) is 10.0 Å². The van der Waals surface area contributed by atoms with Gasteiger partial charge in [0.25, 0.3) is 0 Å². The summed E-state index contributed by atoms with van der Waals surface area (Å²) in [6.07, 6.45) is 0. The average Bonchev–Trinajstić information content (AvgIpc) is 2.31. The SMILES string of the molecule is Cc1cc(Br)ccc1S(=O)(=O)N1CCNC(C)C1C.Cl. The first-order valence-corrected chi connectivity index (χ1v) is 8.58. The van der Waals surface area contributed by atoms with Crippen LogP contribution < -0.4 is 5.32 Å². The maximum atomic E-state index is 12.8. The summed E-state index contributed by atoms with van der Waals surface area (Å²) in [7, 11) is -3.42. The van der Waals surface area contributed by atoms with Crippen LogP contribution in [-0.4, -0.2) is 37.9 Å². The lowest BCUT2D eigenvalue weighted by Gasteiger charge is -2.37. The van der Waals surface area contributed by atoms with E-state index in [2.05, 4.69) is 21.2 Å². The fraction of sp³-hybridized carbons (Fsp3) is 0.538. The fourth-order valence-electron chi connectivity index (χ4n) is 2.39. The number of benzene rings is 1. The molecule has 1 aromatic rings. The van der Waals surface area contributed by atoms with Crippen molar-refractivity contribution in [3.63, 3.8) is 0 Å². The zero-order valence-electron chi connectivity index (χ0n) is 11.8. The monoisotopic (exact) mass is 382 g/mol. The van der Waals surface area contributed by atoms with Gasteiger partial charge < -0.3 is 5.32 Å². The van der Waals surface area contributed by atoms with Gasteiger partial charge in [-0.1, -0.05) is 15.9 Å². The van der Waals surface area contributed by atoms with Crippen molar-refractivity contribution in [2.75, 3.05) is 13.1 Å². The summed E-state index contributed by atoms with van der Waals surface area (Å²) in [5.41, 5.74) is 0.771. The predicted molar refractivity (Wildman–Crippen MR) is 86.9 cm³/mol. The second-order valence-corrected chi connectivity index (χ2v) is 7.78. The van der Waals surface area contributed by atoms with Crippen LogP contribution in [0.1, 0.15) is 19.4 Å². The molecule has 0 aliphatic carbocycles. The Balaban J connectivity index is 0.00000200. The van der Waals surface area contributed by atoms with Crippen molar-refractivity contribution < 1.29 is 8.42 Å². The molecule has 1 heterocycles. The van der Waals surface area contributed by atoms with E-state index in [9.17, 15) is 8.42 Å². The van der Waals surface area contributed by atoms with Crippen LogP contribution in [0.25, 0.3) is 0 Å². The zero-order valence-corrected chi connectivity index (χ0v) is 15.0. The van der Waals surface area contributed by atoms with E-state index in [4.69, 9.17) is 0 Å². The van der Waals surface area contributed by atoms with Gasteiger partial charge in [-0.25, -0.2) is 8.42 Å². The second kappa shape index (κ2) is 6.75. The zero-order chi connectivity index (χ0) is 14.2. The molecule has 1 N–H and O–H groups in total. The van der Waals surface area contributed by atoms with Crippen LogP contribution in [0, 0.1) is 6.92 Å². The largest absolute Gasteiger partial charge is 0.311 e. The Bertz CT molecular complexity index is 580. The summed E-state index contributed by atoms with van der Waals surface area (Å²) in [5, 5.41) is 3.30. The van der Waals surface area contributed by atoms with Gasteiger partial charge in [-0.2, -0.15) is 4.31 Å². The first-order chi connectivity index (χ1) is 8.84. The molecular formula is C13H20BrClN2O2S. The molecule has 0 spiro atoms. The van der Waals surface area contributed by atoms with E-state index in [0.717, 1.165) is 10.0 Å². The summed E-state index contributed by atoms with van der Waals surface area (Å²) < 4.78 is 28.0. The molecule has 7 heteroatoms. The fourth-order valence-corrected chi connectivity index (χ4v) is 4.78. The molecule has 0 saturated carbocycles. The van der Waals surface area contributed by atoms with Gasteiger partial charge in [-0.15, -0.1) is 12.4 Å². The van der Waals surface area contributed by atoms with Gasteiger partial charge in [-0.3, -0.25) is 0 Å². The Morgan fingerprint density at radius 1 is 1.35 bits per heavy atom. The number of piperazine rings is 1. The Morgan fingerprint density at radius 2 is 2.00 bits per heavy atom. The minimum absolute atomic E-state index is 0. The van der Waals surface area contributed by atoms with E-state index in [1.54, 1.807) is 16.4 Å². The van der Waals surface area contributed by atoms with Crippen LogP contribution in [0.3, 0.4) is 0 Å². The lowest BCUT2D eigenvalue weighted by Crippen LogP contribution is -2.57. The number of aryl methyl sites for hydroxylation is 1. The van der Waals surface area contributed by atoms with E-state index in [1.165, 1.54) is 0 Å². The second-order valence-electron chi connectivity index (χ2n) is 5.01. The summed E-state index contributed by atoms with van der Waals surface area (Å²) in [4.78, 5) is 0.400. The van der Waals surface area contributed by atoms with Crippen molar-refractivity contribution in [2.24, 2.45) is 0 Å². The first-order valence-electron chi connectivity index (χ1n) is 6.35. The summed E-state index contributed by atoms with van der Waals surface area (Å²) in [6, 6.07) is 5.41. The number of nitrogens with zero attached hydrogens (tertiary/aromatic N) is 1. The molecule has 1 aliphatic rings. The molecule has 1 fully saturated rings. The third-order valence-electron chi connectivity index (χ3n) is 3.70. The van der Waals surface area contributed by atoms with Gasteiger partial charge in [0.15, 0.2) is 0 Å². The Labute approximate surface area is 135 Å². The Kier molecular flexibility index (Phi) is 6.04. The molecule has 1 aliphatic heterocycles. The maximum absolute atomic E-state index is 12.8. The Hall–Kier alpha value is -0.140. The van der Waals surface area contributed by atoms with Crippen molar-refractivity contribution in [3.05, 3.63) is 28.2 Å². The number of hydrogen-bond donors (Lipinski definition) is 1. The van der Waals surface area contributed by atoms with Gasteiger partial charge in [0.05, 0.1) is 4.90 Å². The van der Waals surface area contributed by atoms with Crippen molar-refractivity contribution in [3.8, 4) is 0 Å². The van der Waals surface area contributed by atoms with Crippen molar-refractivity contribution in [1.82, 2.24) is 9.62 Å². The molecular weight excluding hydrogens is 364 g/mol. The average molecular weight is 384 g/mol. The quantitative estimate of drug-likeness (QED) is 0.854.